The molecule has 1 saturated carbocycles. The number of rotatable bonds is 7. The molecule has 1 aromatic carbocycles. The molecule has 0 heterocycles. The molecule has 1 fully saturated rings. The van der Waals surface area contributed by atoms with Gasteiger partial charge in [-0.3, -0.25) is 0 Å². The van der Waals surface area contributed by atoms with E-state index in [4.69, 9.17) is 5.11 Å². The molecule has 0 spiro atoms. The Morgan fingerprint density at radius 3 is 2.38 bits per heavy atom. The van der Waals surface area contributed by atoms with Gasteiger partial charge in [-0.1, -0.05) is 31.4 Å². The Labute approximate surface area is 142 Å². The second-order valence-corrected chi connectivity index (χ2v) is 6.35. The lowest BCUT2D eigenvalue weighted by atomic mass is 9.83. The van der Waals surface area contributed by atoms with Crippen LogP contribution in [0, 0.1) is 5.92 Å². The molecule has 0 aromatic heterocycles. The lowest BCUT2D eigenvalue weighted by molar-refractivity contribution is 0.0697. The van der Waals surface area contributed by atoms with Gasteiger partial charge in [0.1, 0.15) is 0 Å². The molecule has 2 amide bonds. The average molecular weight is 334 g/mol. The zero-order chi connectivity index (χ0) is 17.4. The molecule has 0 bridgehead atoms. The monoisotopic (exact) mass is 334 g/mol. The lowest BCUT2D eigenvalue weighted by Gasteiger charge is -2.30. The summed E-state index contributed by atoms with van der Waals surface area (Å²) in [5.74, 6) is -0.530. The van der Waals surface area contributed by atoms with Gasteiger partial charge in [0.05, 0.1) is 5.56 Å². The fourth-order valence-electron chi connectivity index (χ4n) is 3.27. The van der Waals surface area contributed by atoms with Crippen LogP contribution < -0.4 is 10.6 Å². The molecule has 4 N–H and O–H groups in total. The molecule has 2 rings (SSSR count). The van der Waals surface area contributed by atoms with E-state index in [9.17, 15) is 14.7 Å². The summed E-state index contributed by atoms with van der Waals surface area (Å²) in [5, 5.41) is 23.9. The number of aromatic carboxylic acids is 1. The fraction of sp³-hybridized carbons (Fsp3) is 0.556. The van der Waals surface area contributed by atoms with E-state index in [1.807, 2.05) is 0 Å². The summed E-state index contributed by atoms with van der Waals surface area (Å²) in [5.41, 5.74) is 1.06. The summed E-state index contributed by atoms with van der Waals surface area (Å²) >= 11 is 0. The zero-order valence-electron chi connectivity index (χ0n) is 13.8. The molecule has 1 aliphatic carbocycles. The Hall–Kier alpha value is -2.08. The molecule has 0 aliphatic heterocycles. The number of aliphatic hydroxyl groups excluding tert-OH is 1. The predicted octanol–water partition coefficient (Wildman–Crippen LogP) is 2.52. The highest BCUT2D eigenvalue weighted by Crippen LogP contribution is 2.27. The molecule has 6 nitrogen and oxygen atoms in total. The first-order valence-corrected chi connectivity index (χ1v) is 8.57. The summed E-state index contributed by atoms with van der Waals surface area (Å²) in [7, 11) is 0. The van der Waals surface area contributed by atoms with Crippen LogP contribution in [0.2, 0.25) is 0 Å². The molecule has 1 aromatic rings. The molecule has 1 atom stereocenters. The van der Waals surface area contributed by atoms with Gasteiger partial charge in [0, 0.05) is 19.2 Å². The van der Waals surface area contributed by atoms with Gasteiger partial charge in [-0.15, -0.1) is 0 Å². The minimum atomic E-state index is -0.966. The highest BCUT2D eigenvalue weighted by atomic mass is 16.4. The van der Waals surface area contributed by atoms with Crippen molar-refractivity contribution < 1.29 is 19.8 Å². The van der Waals surface area contributed by atoms with Crippen molar-refractivity contribution in [3.63, 3.8) is 0 Å². The van der Waals surface area contributed by atoms with Gasteiger partial charge in [-0.2, -0.15) is 0 Å². The third-order valence-electron chi connectivity index (χ3n) is 4.63. The van der Waals surface area contributed by atoms with Crippen LogP contribution >= 0.6 is 0 Å². The van der Waals surface area contributed by atoms with Gasteiger partial charge in [-0.25, -0.2) is 9.59 Å². The smallest absolute Gasteiger partial charge is 0.335 e. The summed E-state index contributed by atoms with van der Waals surface area (Å²) in [6, 6.07) is 6.18. The van der Waals surface area contributed by atoms with Gasteiger partial charge < -0.3 is 20.8 Å². The summed E-state index contributed by atoms with van der Waals surface area (Å²) in [6.07, 6.45) is 6.40. The number of nitrogens with one attached hydrogen (secondary N) is 2. The lowest BCUT2D eigenvalue weighted by Crippen LogP contribution is -2.46. The van der Waals surface area contributed by atoms with E-state index in [1.54, 1.807) is 12.1 Å². The van der Waals surface area contributed by atoms with E-state index in [0.717, 1.165) is 18.4 Å². The predicted molar refractivity (Wildman–Crippen MR) is 90.8 cm³/mol. The molecule has 132 valence electrons. The van der Waals surface area contributed by atoms with Crippen LogP contribution in [0.3, 0.4) is 0 Å². The van der Waals surface area contributed by atoms with E-state index in [1.165, 1.54) is 31.4 Å². The van der Waals surface area contributed by atoms with Crippen molar-refractivity contribution in [2.75, 3.05) is 6.61 Å². The van der Waals surface area contributed by atoms with Crippen molar-refractivity contribution in [1.82, 2.24) is 10.6 Å². The number of hydrogen-bond donors (Lipinski definition) is 4. The van der Waals surface area contributed by atoms with Gasteiger partial charge >= 0.3 is 12.0 Å². The van der Waals surface area contributed by atoms with Crippen molar-refractivity contribution in [1.29, 1.82) is 0 Å². The second kappa shape index (κ2) is 9.27. The zero-order valence-corrected chi connectivity index (χ0v) is 13.8. The molecular formula is C18H26N2O4. The van der Waals surface area contributed by atoms with Crippen LogP contribution in [-0.4, -0.2) is 34.9 Å². The minimum absolute atomic E-state index is 0.00434. The van der Waals surface area contributed by atoms with Crippen LogP contribution in [0.1, 0.15) is 54.4 Å². The van der Waals surface area contributed by atoms with E-state index in [2.05, 4.69) is 10.6 Å². The number of carbonyl (C=O) groups excluding carboxylic acids is 1. The van der Waals surface area contributed by atoms with Crippen molar-refractivity contribution >= 4 is 12.0 Å². The first-order valence-electron chi connectivity index (χ1n) is 8.57. The van der Waals surface area contributed by atoms with Crippen LogP contribution in [0.5, 0.6) is 0 Å². The summed E-state index contributed by atoms with van der Waals surface area (Å²) in [6.45, 7) is 0.403. The SMILES string of the molecule is O=C(NCc1ccc(C(=O)O)cc1)NC(CCO)C1CCCCC1. The van der Waals surface area contributed by atoms with E-state index >= 15 is 0 Å². The Morgan fingerprint density at radius 2 is 1.79 bits per heavy atom. The van der Waals surface area contributed by atoms with Gasteiger partial charge in [0.15, 0.2) is 0 Å². The van der Waals surface area contributed by atoms with E-state index < -0.39 is 5.97 Å². The number of urea groups is 1. The van der Waals surface area contributed by atoms with Crippen molar-refractivity contribution in [3.8, 4) is 0 Å². The molecule has 0 radical (unpaired) electrons. The van der Waals surface area contributed by atoms with E-state index in [-0.39, 0.29) is 24.2 Å². The van der Waals surface area contributed by atoms with Crippen molar-refractivity contribution in [2.24, 2.45) is 5.92 Å². The molecular weight excluding hydrogens is 308 g/mol. The normalized spacial score (nSPS) is 16.4. The average Bonchev–Trinajstić information content (AvgIpc) is 2.60. The van der Waals surface area contributed by atoms with Gasteiger partial charge in [0.2, 0.25) is 0 Å². The van der Waals surface area contributed by atoms with Crippen LogP contribution in [0.15, 0.2) is 24.3 Å². The summed E-state index contributed by atoms with van der Waals surface area (Å²) < 4.78 is 0. The van der Waals surface area contributed by atoms with Crippen molar-refractivity contribution in [3.05, 3.63) is 35.4 Å². The topological polar surface area (TPSA) is 98.7 Å². The number of hydrogen-bond acceptors (Lipinski definition) is 3. The van der Waals surface area contributed by atoms with Crippen LogP contribution in [0.4, 0.5) is 4.79 Å². The maximum absolute atomic E-state index is 12.1. The molecule has 1 unspecified atom stereocenters. The fourth-order valence-corrected chi connectivity index (χ4v) is 3.27. The molecule has 0 saturated heterocycles. The maximum atomic E-state index is 12.1. The number of aliphatic hydroxyl groups is 1. The van der Waals surface area contributed by atoms with Crippen LogP contribution in [-0.2, 0) is 6.54 Å². The molecule has 1 aliphatic rings. The maximum Gasteiger partial charge on any atom is 0.335 e. The standard InChI is InChI=1S/C18H26N2O4/c21-11-10-16(14-4-2-1-3-5-14)20-18(24)19-12-13-6-8-15(9-7-13)17(22)23/h6-9,14,16,21H,1-5,10-12H2,(H,22,23)(H2,19,20,24). The quantitative estimate of drug-likeness (QED) is 0.616. The third-order valence-corrected chi connectivity index (χ3v) is 4.63. The van der Waals surface area contributed by atoms with Gasteiger partial charge in [-0.05, 0) is 42.9 Å². The third kappa shape index (κ3) is 5.53. The Morgan fingerprint density at radius 1 is 1.12 bits per heavy atom. The summed E-state index contributed by atoms with van der Waals surface area (Å²) in [4.78, 5) is 22.9. The van der Waals surface area contributed by atoms with E-state index in [0.29, 0.717) is 18.9 Å². The number of benzene rings is 1. The second-order valence-electron chi connectivity index (χ2n) is 6.35. The number of carbonyl (C=O) groups is 2. The van der Waals surface area contributed by atoms with Crippen LogP contribution in [0.25, 0.3) is 0 Å². The molecule has 24 heavy (non-hydrogen) atoms. The minimum Gasteiger partial charge on any atom is -0.478 e. The highest BCUT2D eigenvalue weighted by Gasteiger charge is 2.24. The Balaban J connectivity index is 1.82. The first kappa shape index (κ1) is 18.3. The Bertz CT molecular complexity index is 538. The van der Waals surface area contributed by atoms with Crippen molar-refractivity contribution in [2.45, 2.75) is 51.1 Å². The number of carboxylic acids is 1. The first-order chi connectivity index (χ1) is 11.6. The molecule has 6 heteroatoms. The Kier molecular flexibility index (Phi) is 7.06. The number of carboxylic acid groups (broad SMARTS) is 1. The van der Waals surface area contributed by atoms with Gasteiger partial charge in [0.25, 0.3) is 0 Å². The number of amides is 2. The largest absolute Gasteiger partial charge is 0.478 e. The highest BCUT2D eigenvalue weighted by molar-refractivity contribution is 5.87.